The van der Waals surface area contributed by atoms with E-state index >= 15 is 0 Å². The first kappa shape index (κ1) is 20.3. The molecular weight excluding hydrogens is 394 g/mol. The monoisotopic (exact) mass is 413 g/mol. The van der Waals surface area contributed by atoms with E-state index in [1.165, 1.54) is 0 Å². The van der Waals surface area contributed by atoms with Gasteiger partial charge < -0.3 is 9.47 Å². The standard InChI is InChI=1S/C20H20ClN5O3/c1-3-28-18-10-14(11-22-25-19-13(2)24-26-20(27)23-19)8-9-17(18)29-12-15-6-4-5-7-16(15)21/h4-11H,3,12H2,1-2H3,(H2,23,25,26,27)/b22-11+. The highest BCUT2D eigenvalue weighted by Gasteiger charge is 2.08. The molecule has 3 rings (SSSR count). The van der Waals surface area contributed by atoms with Crippen molar-refractivity contribution in [3.05, 3.63) is 74.8 Å². The van der Waals surface area contributed by atoms with Crippen molar-refractivity contribution in [2.24, 2.45) is 5.10 Å². The van der Waals surface area contributed by atoms with Gasteiger partial charge in [-0.2, -0.15) is 15.2 Å². The van der Waals surface area contributed by atoms with Crippen LogP contribution in [-0.4, -0.2) is 28.0 Å². The van der Waals surface area contributed by atoms with Gasteiger partial charge in [-0.25, -0.2) is 9.89 Å². The minimum absolute atomic E-state index is 0.287. The second kappa shape index (κ2) is 9.70. The van der Waals surface area contributed by atoms with Crippen LogP contribution in [0, 0.1) is 6.92 Å². The molecule has 1 aromatic heterocycles. The topological polar surface area (TPSA) is 101 Å². The predicted octanol–water partition coefficient (Wildman–Crippen LogP) is 3.55. The smallest absolute Gasteiger partial charge is 0.363 e. The average Bonchev–Trinajstić information content (AvgIpc) is 2.71. The first-order valence-electron chi connectivity index (χ1n) is 8.92. The number of hydrogen-bond donors (Lipinski definition) is 2. The zero-order valence-corrected chi connectivity index (χ0v) is 16.7. The lowest BCUT2D eigenvalue weighted by molar-refractivity contribution is 0.269. The van der Waals surface area contributed by atoms with E-state index in [9.17, 15) is 4.79 Å². The molecule has 3 aromatic rings. The number of aryl methyl sites for hydroxylation is 1. The highest BCUT2D eigenvalue weighted by molar-refractivity contribution is 6.31. The predicted molar refractivity (Wildman–Crippen MR) is 112 cm³/mol. The van der Waals surface area contributed by atoms with Gasteiger partial charge >= 0.3 is 5.69 Å². The van der Waals surface area contributed by atoms with E-state index in [1.54, 1.807) is 13.1 Å². The molecule has 8 nitrogen and oxygen atoms in total. The Morgan fingerprint density at radius 2 is 2.03 bits per heavy atom. The maximum absolute atomic E-state index is 11.3. The van der Waals surface area contributed by atoms with Crippen molar-refractivity contribution in [2.45, 2.75) is 20.5 Å². The fraction of sp³-hybridized carbons (Fsp3) is 0.200. The Bertz CT molecular complexity index is 1070. The largest absolute Gasteiger partial charge is 0.490 e. The van der Waals surface area contributed by atoms with Gasteiger partial charge in [-0.3, -0.25) is 5.43 Å². The second-order valence-corrected chi connectivity index (χ2v) is 6.37. The molecule has 0 bridgehead atoms. The number of aromatic amines is 1. The normalized spacial score (nSPS) is 10.9. The molecule has 0 atom stereocenters. The van der Waals surface area contributed by atoms with E-state index in [4.69, 9.17) is 21.1 Å². The molecular formula is C20H20ClN5O3. The van der Waals surface area contributed by atoms with E-state index in [0.717, 1.165) is 11.1 Å². The van der Waals surface area contributed by atoms with Crippen molar-refractivity contribution < 1.29 is 9.47 Å². The summed E-state index contributed by atoms with van der Waals surface area (Å²) >= 11 is 6.18. The molecule has 2 N–H and O–H groups in total. The SMILES string of the molecule is CCOc1cc(/C=N/Nc2nc(=O)[nH]nc2C)ccc1OCc1ccccc1Cl. The van der Waals surface area contributed by atoms with Crippen LogP contribution in [0.25, 0.3) is 0 Å². The van der Waals surface area contributed by atoms with Crippen molar-refractivity contribution in [1.29, 1.82) is 0 Å². The molecule has 0 saturated carbocycles. The van der Waals surface area contributed by atoms with Crippen LogP contribution in [0.1, 0.15) is 23.7 Å². The Labute approximate surface area is 172 Å². The van der Waals surface area contributed by atoms with Gasteiger partial charge in [-0.15, -0.1) is 0 Å². The Kier molecular flexibility index (Phi) is 6.80. The molecule has 0 amide bonds. The second-order valence-electron chi connectivity index (χ2n) is 5.96. The molecule has 0 aliphatic rings. The Hall–Kier alpha value is -3.39. The van der Waals surface area contributed by atoms with Crippen LogP contribution in [0.2, 0.25) is 5.02 Å². The van der Waals surface area contributed by atoms with Crippen LogP contribution in [-0.2, 0) is 6.61 Å². The maximum atomic E-state index is 11.3. The Morgan fingerprint density at radius 1 is 1.21 bits per heavy atom. The molecule has 0 spiro atoms. The van der Waals surface area contributed by atoms with Crippen molar-refractivity contribution in [1.82, 2.24) is 15.2 Å². The molecule has 2 aromatic carbocycles. The number of aromatic nitrogens is 3. The van der Waals surface area contributed by atoms with E-state index in [0.29, 0.717) is 35.4 Å². The van der Waals surface area contributed by atoms with Crippen molar-refractivity contribution in [3.63, 3.8) is 0 Å². The first-order valence-corrected chi connectivity index (χ1v) is 9.30. The van der Waals surface area contributed by atoms with Crippen molar-refractivity contribution >= 4 is 23.6 Å². The summed E-state index contributed by atoms with van der Waals surface area (Å²) in [6.45, 7) is 4.42. The number of H-pyrrole nitrogens is 1. The Morgan fingerprint density at radius 3 is 2.83 bits per heavy atom. The summed E-state index contributed by atoms with van der Waals surface area (Å²) in [7, 11) is 0. The quantitative estimate of drug-likeness (QED) is 0.432. The van der Waals surface area contributed by atoms with Crippen LogP contribution in [0.15, 0.2) is 52.4 Å². The molecule has 0 radical (unpaired) electrons. The number of hydrogen-bond acceptors (Lipinski definition) is 7. The number of rotatable bonds is 8. The van der Waals surface area contributed by atoms with Crippen LogP contribution in [0.4, 0.5) is 5.82 Å². The molecule has 150 valence electrons. The summed E-state index contributed by atoms with van der Waals surface area (Å²) in [5.41, 5.74) is 4.36. The highest BCUT2D eigenvalue weighted by Crippen LogP contribution is 2.29. The summed E-state index contributed by atoms with van der Waals surface area (Å²) < 4.78 is 11.6. The molecule has 1 heterocycles. The molecule has 0 aliphatic heterocycles. The van der Waals surface area contributed by atoms with E-state index < -0.39 is 5.69 Å². The Balaban J connectivity index is 1.72. The molecule has 0 unspecified atom stereocenters. The number of benzene rings is 2. The summed E-state index contributed by atoms with van der Waals surface area (Å²) in [5.74, 6) is 1.48. The fourth-order valence-corrected chi connectivity index (χ4v) is 2.62. The van der Waals surface area contributed by atoms with E-state index in [-0.39, 0.29) is 5.82 Å². The third kappa shape index (κ3) is 5.55. The van der Waals surface area contributed by atoms with Crippen LogP contribution < -0.4 is 20.6 Å². The molecule has 0 aliphatic carbocycles. The van der Waals surface area contributed by atoms with Crippen molar-refractivity contribution in [2.75, 3.05) is 12.0 Å². The maximum Gasteiger partial charge on any atom is 0.363 e. The number of halogens is 1. The van der Waals surface area contributed by atoms with Gasteiger partial charge in [-0.1, -0.05) is 29.8 Å². The number of nitrogens with one attached hydrogen (secondary N) is 2. The van der Waals surface area contributed by atoms with Crippen LogP contribution >= 0.6 is 11.6 Å². The van der Waals surface area contributed by atoms with Gasteiger partial charge in [0.15, 0.2) is 17.3 Å². The number of nitrogens with zero attached hydrogens (tertiary/aromatic N) is 3. The van der Waals surface area contributed by atoms with Crippen molar-refractivity contribution in [3.8, 4) is 11.5 Å². The van der Waals surface area contributed by atoms with Gasteiger partial charge in [0, 0.05) is 10.6 Å². The zero-order valence-electron chi connectivity index (χ0n) is 16.0. The summed E-state index contributed by atoms with van der Waals surface area (Å²) in [5, 5.41) is 10.8. The minimum Gasteiger partial charge on any atom is -0.490 e. The average molecular weight is 414 g/mol. The third-order valence-corrected chi connectivity index (χ3v) is 4.24. The lowest BCUT2D eigenvalue weighted by Crippen LogP contribution is -2.15. The number of hydrazone groups is 1. The molecule has 0 saturated heterocycles. The first-order chi connectivity index (χ1) is 14.1. The van der Waals surface area contributed by atoms with Crippen LogP contribution in [0.5, 0.6) is 11.5 Å². The number of ether oxygens (including phenoxy) is 2. The summed E-state index contributed by atoms with van der Waals surface area (Å²) in [6, 6.07) is 13.0. The zero-order chi connectivity index (χ0) is 20.6. The number of anilines is 1. The lowest BCUT2D eigenvalue weighted by Gasteiger charge is -2.13. The van der Waals surface area contributed by atoms with Gasteiger partial charge in [0.05, 0.1) is 12.8 Å². The highest BCUT2D eigenvalue weighted by atomic mass is 35.5. The van der Waals surface area contributed by atoms with Gasteiger partial charge in [-0.05, 0) is 43.7 Å². The van der Waals surface area contributed by atoms with E-state index in [1.807, 2.05) is 49.4 Å². The van der Waals surface area contributed by atoms with Gasteiger partial charge in [0.2, 0.25) is 0 Å². The molecule has 29 heavy (non-hydrogen) atoms. The minimum atomic E-state index is -0.549. The van der Waals surface area contributed by atoms with Crippen LogP contribution in [0.3, 0.4) is 0 Å². The fourth-order valence-electron chi connectivity index (χ4n) is 2.43. The summed E-state index contributed by atoms with van der Waals surface area (Å²) in [4.78, 5) is 15.0. The van der Waals surface area contributed by atoms with Gasteiger partial charge in [0.25, 0.3) is 0 Å². The molecule has 0 fully saturated rings. The third-order valence-electron chi connectivity index (χ3n) is 3.87. The van der Waals surface area contributed by atoms with E-state index in [2.05, 4.69) is 25.7 Å². The van der Waals surface area contributed by atoms with Gasteiger partial charge in [0.1, 0.15) is 12.3 Å². The molecule has 9 heteroatoms. The lowest BCUT2D eigenvalue weighted by atomic mass is 10.2. The summed E-state index contributed by atoms with van der Waals surface area (Å²) in [6.07, 6.45) is 1.59.